The van der Waals surface area contributed by atoms with E-state index in [1.807, 2.05) is 30.3 Å². The fourth-order valence-electron chi connectivity index (χ4n) is 3.12. The van der Waals surface area contributed by atoms with Gasteiger partial charge in [-0.15, -0.1) is 0 Å². The maximum atomic E-state index is 12.3. The maximum absolute atomic E-state index is 12.3. The number of rotatable bonds is 6. The van der Waals surface area contributed by atoms with Crippen LogP contribution in [0.25, 0.3) is 0 Å². The van der Waals surface area contributed by atoms with Crippen molar-refractivity contribution in [2.75, 3.05) is 0 Å². The van der Waals surface area contributed by atoms with E-state index >= 15 is 0 Å². The first kappa shape index (κ1) is 17.8. The van der Waals surface area contributed by atoms with Crippen molar-refractivity contribution in [1.82, 2.24) is 30.3 Å². The van der Waals surface area contributed by atoms with Crippen molar-refractivity contribution in [2.45, 2.75) is 32.0 Å². The largest absolute Gasteiger partial charge is 0.345 e. The molecule has 0 radical (unpaired) electrons. The van der Waals surface area contributed by atoms with Gasteiger partial charge in [-0.1, -0.05) is 35.5 Å². The normalized spacial score (nSPS) is 16.4. The van der Waals surface area contributed by atoms with Gasteiger partial charge in [0.25, 0.3) is 5.91 Å². The van der Waals surface area contributed by atoms with Crippen LogP contribution in [0.4, 0.5) is 0 Å². The lowest BCUT2D eigenvalue weighted by atomic mass is 10.2. The molecule has 1 saturated heterocycles. The first-order valence-electron chi connectivity index (χ1n) is 8.90. The number of aromatic nitrogens is 4. The number of carbonyl (C=O) groups is 2. The van der Waals surface area contributed by atoms with Crippen LogP contribution in [-0.2, 0) is 17.9 Å². The van der Waals surface area contributed by atoms with Crippen LogP contribution in [0.15, 0.2) is 53.6 Å². The van der Waals surface area contributed by atoms with Crippen LogP contribution in [0.1, 0.15) is 46.5 Å². The number of benzene rings is 1. The Kier molecular flexibility index (Phi) is 5.05. The lowest BCUT2D eigenvalue weighted by Gasteiger charge is -2.22. The zero-order chi connectivity index (χ0) is 19.3. The molecular formula is C19H18N6O3. The lowest BCUT2D eigenvalue weighted by molar-refractivity contribution is -0.130. The van der Waals surface area contributed by atoms with Crippen molar-refractivity contribution in [3.05, 3.63) is 71.9 Å². The summed E-state index contributed by atoms with van der Waals surface area (Å²) in [7, 11) is 0. The number of hydrogen-bond acceptors (Lipinski definition) is 7. The zero-order valence-corrected chi connectivity index (χ0v) is 15.0. The first-order valence-corrected chi connectivity index (χ1v) is 8.90. The van der Waals surface area contributed by atoms with Gasteiger partial charge in [0.1, 0.15) is 12.4 Å². The second-order valence-corrected chi connectivity index (χ2v) is 6.42. The SMILES string of the molecule is O=C(NCc1noc([C@@H]2CCC(=O)N2Cc2ccccc2)n1)c1cncnc1. The Morgan fingerprint density at radius 2 is 2.00 bits per heavy atom. The van der Waals surface area contributed by atoms with Gasteiger partial charge in [-0.3, -0.25) is 9.59 Å². The highest BCUT2D eigenvalue weighted by Crippen LogP contribution is 2.33. The van der Waals surface area contributed by atoms with Crippen molar-refractivity contribution in [1.29, 1.82) is 0 Å². The molecule has 1 aliphatic rings. The number of hydrogen-bond donors (Lipinski definition) is 1. The summed E-state index contributed by atoms with van der Waals surface area (Å²) in [5.41, 5.74) is 1.39. The fourth-order valence-corrected chi connectivity index (χ4v) is 3.12. The summed E-state index contributed by atoms with van der Waals surface area (Å²) >= 11 is 0. The molecule has 2 aromatic heterocycles. The molecule has 1 atom stereocenters. The van der Waals surface area contributed by atoms with Crippen LogP contribution in [0.2, 0.25) is 0 Å². The van der Waals surface area contributed by atoms with E-state index < -0.39 is 0 Å². The molecular weight excluding hydrogens is 360 g/mol. The predicted octanol–water partition coefficient (Wildman–Crippen LogP) is 1.65. The van der Waals surface area contributed by atoms with Crippen LogP contribution in [-0.4, -0.2) is 36.8 Å². The predicted molar refractivity (Wildman–Crippen MR) is 96.5 cm³/mol. The van der Waals surface area contributed by atoms with E-state index in [4.69, 9.17) is 4.52 Å². The van der Waals surface area contributed by atoms with Gasteiger partial charge in [-0.25, -0.2) is 9.97 Å². The van der Waals surface area contributed by atoms with Crippen molar-refractivity contribution in [3.63, 3.8) is 0 Å². The Balaban J connectivity index is 1.41. The number of nitrogens with zero attached hydrogens (tertiary/aromatic N) is 5. The molecule has 0 bridgehead atoms. The van der Waals surface area contributed by atoms with Crippen LogP contribution in [0, 0.1) is 0 Å². The summed E-state index contributed by atoms with van der Waals surface area (Å²) in [6.07, 6.45) is 5.28. The van der Waals surface area contributed by atoms with Crippen molar-refractivity contribution in [3.8, 4) is 0 Å². The molecule has 2 amide bonds. The molecule has 3 aromatic rings. The summed E-state index contributed by atoms with van der Waals surface area (Å²) in [6.45, 7) is 0.601. The molecule has 4 rings (SSSR count). The van der Waals surface area contributed by atoms with E-state index in [0.717, 1.165) is 5.56 Å². The summed E-state index contributed by atoms with van der Waals surface area (Å²) in [5.74, 6) is 0.466. The zero-order valence-electron chi connectivity index (χ0n) is 15.0. The molecule has 1 fully saturated rings. The van der Waals surface area contributed by atoms with Crippen LogP contribution < -0.4 is 5.32 Å². The topological polar surface area (TPSA) is 114 Å². The Labute approximate surface area is 160 Å². The van der Waals surface area contributed by atoms with Gasteiger partial charge in [0.2, 0.25) is 11.8 Å². The molecule has 1 N–H and O–H groups in total. The summed E-state index contributed by atoms with van der Waals surface area (Å²) in [6, 6.07) is 9.52. The van der Waals surface area contributed by atoms with Gasteiger partial charge in [0, 0.05) is 25.4 Å². The van der Waals surface area contributed by atoms with Crippen molar-refractivity contribution < 1.29 is 14.1 Å². The summed E-state index contributed by atoms with van der Waals surface area (Å²) < 4.78 is 5.37. The third kappa shape index (κ3) is 3.88. The summed E-state index contributed by atoms with van der Waals surface area (Å²) in [5, 5.41) is 6.62. The minimum atomic E-state index is -0.325. The minimum Gasteiger partial charge on any atom is -0.345 e. The standard InChI is InChI=1S/C19H18N6O3/c26-17-7-6-15(25(17)11-13-4-2-1-3-5-13)19-23-16(24-28-19)10-22-18(27)14-8-20-12-21-9-14/h1-5,8-9,12,15H,6-7,10-11H2,(H,22,27)/t15-/m0/s1. The van der Waals surface area contributed by atoms with Crippen molar-refractivity contribution >= 4 is 11.8 Å². The van der Waals surface area contributed by atoms with Gasteiger partial charge in [0.05, 0.1) is 12.1 Å². The molecule has 0 aliphatic carbocycles. The van der Waals surface area contributed by atoms with Gasteiger partial charge in [-0.05, 0) is 12.0 Å². The van der Waals surface area contributed by atoms with E-state index in [1.54, 1.807) is 4.90 Å². The molecule has 28 heavy (non-hydrogen) atoms. The molecule has 0 spiro atoms. The molecule has 9 nitrogen and oxygen atoms in total. The van der Waals surface area contributed by atoms with E-state index in [-0.39, 0.29) is 24.4 Å². The Morgan fingerprint density at radius 1 is 1.21 bits per heavy atom. The van der Waals surface area contributed by atoms with Gasteiger partial charge in [-0.2, -0.15) is 4.98 Å². The highest BCUT2D eigenvalue weighted by atomic mass is 16.5. The van der Waals surface area contributed by atoms with E-state index in [2.05, 4.69) is 25.4 Å². The van der Waals surface area contributed by atoms with Gasteiger partial charge in [0.15, 0.2) is 5.82 Å². The quantitative estimate of drug-likeness (QED) is 0.694. The van der Waals surface area contributed by atoms with E-state index in [0.29, 0.717) is 36.7 Å². The molecule has 9 heteroatoms. The van der Waals surface area contributed by atoms with Gasteiger partial charge < -0.3 is 14.7 Å². The third-order valence-corrected chi connectivity index (χ3v) is 4.52. The molecule has 142 valence electrons. The second kappa shape index (κ2) is 7.95. The number of carbonyl (C=O) groups excluding carboxylic acids is 2. The second-order valence-electron chi connectivity index (χ2n) is 6.42. The number of nitrogens with one attached hydrogen (secondary N) is 1. The van der Waals surface area contributed by atoms with E-state index in [9.17, 15) is 9.59 Å². The first-order chi connectivity index (χ1) is 13.7. The fraction of sp³-hybridized carbons (Fsp3) is 0.263. The average molecular weight is 378 g/mol. The smallest absolute Gasteiger partial charge is 0.254 e. The molecule has 1 aliphatic heterocycles. The molecule has 0 unspecified atom stereocenters. The summed E-state index contributed by atoms with van der Waals surface area (Å²) in [4.78, 5) is 38.1. The van der Waals surface area contributed by atoms with Crippen LogP contribution in [0.3, 0.4) is 0 Å². The van der Waals surface area contributed by atoms with Crippen molar-refractivity contribution in [2.24, 2.45) is 0 Å². The maximum Gasteiger partial charge on any atom is 0.254 e. The monoisotopic (exact) mass is 378 g/mol. The van der Waals surface area contributed by atoms with E-state index in [1.165, 1.54) is 18.7 Å². The van der Waals surface area contributed by atoms with Gasteiger partial charge >= 0.3 is 0 Å². The average Bonchev–Trinajstić information content (AvgIpc) is 3.35. The molecule has 0 saturated carbocycles. The highest BCUT2D eigenvalue weighted by Gasteiger charge is 2.35. The Morgan fingerprint density at radius 3 is 2.79 bits per heavy atom. The van der Waals surface area contributed by atoms with Crippen LogP contribution in [0.5, 0.6) is 0 Å². The Hall–Kier alpha value is -3.62. The number of amides is 2. The number of likely N-dealkylation sites (tertiary alicyclic amines) is 1. The third-order valence-electron chi connectivity index (χ3n) is 4.52. The Bertz CT molecular complexity index is 960. The molecule has 1 aromatic carbocycles. The minimum absolute atomic E-state index is 0.0611. The lowest BCUT2D eigenvalue weighted by Crippen LogP contribution is -2.27. The van der Waals surface area contributed by atoms with Crippen LogP contribution >= 0.6 is 0 Å². The highest BCUT2D eigenvalue weighted by molar-refractivity contribution is 5.93. The molecule has 3 heterocycles.